The Morgan fingerprint density at radius 2 is 1.84 bits per heavy atom. The van der Waals surface area contributed by atoms with E-state index in [-0.39, 0.29) is 17.2 Å². The molecule has 6 nitrogen and oxygen atoms in total. The minimum atomic E-state index is -0.132. The third-order valence-corrected chi connectivity index (χ3v) is 6.67. The number of rotatable bonds is 8. The van der Waals surface area contributed by atoms with Gasteiger partial charge < -0.3 is 10.1 Å². The second kappa shape index (κ2) is 9.80. The summed E-state index contributed by atoms with van der Waals surface area (Å²) in [6, 6.07) is 21.3. The highest BCUT2D eigenvalue weighted by molar-refractivity contribution is 7.99. The van der Waals surface area contributed by atoms with Crippen LogP contribution in [-0.4, -0.2) is 34.4 Å². The van der Waals surface area contributed by atoms with Gasteiger partial charge >= 0.3 is 0 Å². The molecule has 0 saturated carbocycles. The van der Waals surface area contributed by atoms with E-state index < -0.39 is 0 Å². The van der Waals surface area contributed by atoms with E-state index >= 15 is 0 Å². The Morgan fingerprint density at radius 3 is 2.58 bits per heavy atom. The summed E-state index contributed by atoms with van der Waals surface area (Å²) in [6.45, 7) is 0.797. The van der Waals surface area contributed by atoms with Gasteiger partial charge in [0.1, 0.15) is 17.2 Å². The molecule has 0 atom stereocenters. The van der Waals surface area contributed by atoms with Gasteiger partial charge in [0.2, 0.25) is 5.91 Å². The van der Waals surface area contributed by atoms with Gasteiger partial charge in [-0.1, -0.05) is 60.3 Å². The number of ether oxygens (including phenoxy) is 1. The minimum Gasteiger partial charge on any atom is -0.492 e. The molecule has 1 N–H and O–H groups in total. The van der Waals surface area contributed by atoms with Crippen LogP contribution in [0.5, 0.6) is 5.75 Å². The molecule has 0 aliphatic carbocycles. The van der Waals surface area contributed by atoms with E-state index in [0.29, 0.717) is 28.5 Å². The van der Waals surface area contributed by atoms with Crippen LogP contribution in [-0.2, 0) is 11.8 Å². The summed E-state index contributed by atoms with van der Waals surface area (Å²) in [6.07, 6.45) is 0. The molecule has 0 saturated heterocycles. The van der Waals surface area contributed by atoms with Crippen LogP contribution in [0.3, 0.4) is 0 Å². The Morgan fingerprint density at radius 1 is 1.13 bits per heavy atom. The monoisotopic (exact) mass is 451 g/mol. The summed E-state index contributed by atoms with van der Waals surface area (Å²) >= 11 is 2.73. The summed E-state index contributed by atoms with van der Waals surface area (Å²) in [4.78, 5) is 31.3. The van der Waals surface area contributed by atoms with E-state index in [4.69, 9.17) is 4.74 Å². The van der Waals surface area contributed by atoms with Gasteiger partial charge in [0, 0.05) is 11.9 Å². The van der Waals surface area contributed by atoms with E-state index in [2.05, 4.69) is 10.3 Å². The van der Waals surface area contributed by atoms with Crippen LogP contribution in [0, 0.1) is 0 Å². The summed E-state index contributed by atoms with van der Waals surface area (Å²) in [5.41, 5.74) is 0.946. The molecule has 1 amide bonds. The number of benzene rings is 2. The van der Waals surface area contributed by atoms with Crippen LogP contribution in [0.25, 0.3) is 20.7 Å². The minimum absolute atomic E-state index is 0.109. The highest BCUT2D eigenvalue weighted by Crippen LogP contribution is 2.31. The third kappa shape index (κ3) is 5.15. The maximum atomic E-state index is 12.8. The van der Waals surface area contributed by atoms with Crippen molar-refractivity contribution in [3.05, 3.63) is 77.1 Å². The van der Waals surface area contributed by atoms with Crippen molar-refractivity contribution in [2.75, 3.05) is 18.9 Å². The van der Waals surface area contributed by atoms with Crippen molar-refractivity contribution < 1.29 is 9.53 Å². The Bertz CT molecular complexity index is 1240. The van der Waals surface area contributed by atoms with E-state index in [1.807, 2.05) is 66.7 Å². The standard InChI is InChI=1S/C23H21N3O3S2/c1-26-22(28)18-14-19(16-8-4-2-5-9-16)31-21(18)25-23(26)30-15-20(27)24-12-13-29-17-10-6-3-7-11-17/h2-11,14H,12-13,15H2,1H3,(H,24,27). The maximum Gasteiger partial charge on any atom is 0.262 e. The Kier molecular flexibility index (Phi) is 6.69. The number of thiophene rings is 1. The number of hydrogen-bond acceptors (Lipinski definition) is 6. The zero-order chi connectivity index (χ0) is 21.6. The van der Waals surface area contributed by atoms with E-state index in [1.165, 1.54) is 27.7 Å². The van der Waals surface area contributed by atoms with Crippen molar-refractivity contribution in [1.82, 2.24) is 14.9 Å². The first-order valence-electron chi connectivity index (χ1n) is 9.75. The molecular formula is C23H21N3O3S2. The van der Waals surface area contributed by atoms with Crippen LogP contribution < -0.4 is 15.6 Å². The number of hydrogen-bond donors (Lipinski definition) is 1. The molecule has 0 aliphatic rings. The molecule has 0 bridgehead atoms. The number of nitrogens with one attached hydrogen (secondary N) is 1. The molecule has 0 fully saturated rings. The summed E-state index contributed by atoms with van der Waals surface area (Å²) in [7, 11) is 1.68. The Balaban J connectivity index is 1.37. The predicted molar refractivity (Wildman–Crippen MR) is 126 cm³/mol. The third-order valence-electron chi connectivity index (χ3n) is 4.56. The van der Waals surface area contributed by atoms with Gasteiger partial charge in [0.25, 0.3) is 5.56 Å². The van der Waals surface area contributed by atoms with Gasteiger partial charge in [-0.2, -0.15) is 0 Å². The Labute approximate surface area is 187 Å². The number of aromatic nitrogens is 2. The van der Waals surface area contributed by atoms with E-state index in [9.17, 15) is 9.59 Å². The number of thioether (sulfide) groups is 1. The van der Waals surface area contributed by atoms with E-state index in [1.54, 1.807) is 7.05 Å². The van der Waals surface area contributed by atoms with Crippen molar-refractivity contribution in [3.63, 3.8) is 0 Å². The molecule has 4 rings (SSSR count). The highest BCUT2D eigenvalue weighted by atomic mass is 32.2. The lowest BCUT2D eigenvalue weighted by atomic mass is 10.2. The maximum absolute atomic E-state index is 12.8. The van der Waals surface area contributed by atoms with Crippen LogP contribution in [0.1, 0.15) is 0 Å². The second-order valence-electron chi connectivity index (χ2n) is 6.75. The SMILES string of the molecule is Cn1c(SCC(=O)NCCOc2ccccc2)nc2sc(-c3ccccc3)cc2c1=O. The molecule has 0 unspecified atom stereocenters. The number of fused-ring (bicyclic) bond motifs is 1. The molecule has 2 aromatic carbocycles. The van der Waals surface area contributed by atoms with Crippen molar-refractivity contribution in [2.45, 2.75) is 5.16 Å². The number of amides is 1. The zero-order valence-corrected chi connectivity index (χ0v) is 18.5. The van der Waals surface area contributed by atoms with Gasteiger partial charge in [-0.3, -0.25) is 14.2 Å². The van der Waals surface area contributed by atoms with Gasteiger partial charge in [-0.05, 0) is 23.8 Å². The fourth-order valence-electron chi connectivity index (χ4n) is 2.98. The zero-order valence-electron chi connectivity index (χ0n) is 16.9. The summed E-state index contributed by atoms with van der Waals surface area (Å²) in [5.74, 6) is 0.810. The molecule has 0 aliphatic heterocycles. The lowest BCUT2D eigenvalue weighted by molar-refractivity contribution is -0.118. The van der Waals surface area contributed by atoms with Crippen LogP contribution >= 0.6 is 23.1 Å². The first kappa shape index (κ1) is 21.1. The lowest BCUT2D eigenvalue weighted by Gasteiger charge is -2.09. The Hall–Kier alpha value is -3.10. The van der Waals surface area contributed by atoms with Crippen LogP contribution in [0.4, 0.5) is 0 Å². The predicted octanol–water partition coefficient (Wildman–Crippen LogP) is 3.95. The average molecular weight is 452 g/mol. The quantitative estimate of drug-likeness (QED) is 0.249. The normalized spacial score (nSPS) is 10.9. The van der Waals surface area contributed by atoms with Crippen molar-refractivity contribution in [3.8, 4) is 16.2 Å². The van der Waals surface area contributed by atoms with E-state index in [0.717, 1.165) is 16.2 Å². The first-order valence-corrected chi connectivity index (χ1v) is 11.6. The molecular weight excluding hydrogens is 430 g/mol. The fourth-order valence-corrected chi connectivity index (χ4v) is 4.86. The lowest BCUT2D eigenvalue weighted by Crippen LogP contribution is -2.30. The van der Waals surface area contributed by atoms with Crippen LogP contribution in [0.2, 0.25) is 0 Å². The fraction of sp³-hybridized carbons (Fsp3) is 0.174. The molecule has 2 aromatic heterocycles. The molecule has 0 radical (unpaired) electrons. The number of para-hydroxylation sites is 1. The van der Waals surface area contributed by atoms with Crippen LogP contribution in [0.15, 0.2) is 76.7 Å². The van der Waals surface area contributed by atoms with Gasteiger partial charge in [-0.25, -0.2) is 4.98 Å². The molecule has 2 heterocycles. The largest absolute Gasteiger partial charge is 0.492 e. The van der Waals surface area contributed by atoms with Crippen molar-refractivity contribution in [1.29, 1.82) is 0 Å². The molecule has 4 aromatic rings. The number of nitrogens with zero attached hydrogens (tertiary/aromatic N) is 2. The summed E-state index contributed by atoms with van der Waals surface area (Å²) in [5, 5.41) is 3.94. The van der Waals surface area contributed by atoms with Gasteiger partial charge in [-0.15, -0.1) is 11.3 Å². The average Bonchev–Trinajstić information content (AvgIpc) is 3.24. The summed E-state index contributed by atoms with van der Waals surface area (Å²) < 4.78 is 7.06. The first-order chi connectivity index (χ1) is 15.1. The molecule has 8 heteroatoms. The number of carbonyl (C=O) groups is 1. The second-order valence-corrected chi connectivity index (χ2v) is 8.73. The van der Waals surface area contributed by atoms with Gasteiger partial charge in [0.05, 0.1) is 17.7 Å². The highest BCUT2D eigenvalue weighted by Gasteiger charge is 2.14. The van der Waals surface area contributed by atoms with Crippen molar-refractivity contribution in [2.24, 2.45) is 7.05 Å². The smallest absolute Gasteiger partial charge is 0.262 e. The van der Waals surface area contributed by atoms with Crippen molar-refractivity contribution >= 4 is 39.2 Å². The molecule has 0 spiro atoms. The topological polar surface area (TPSA) is 73.2 Å². The van der Waals surface area contributed by atoms with Gasteiger partial charge in [0.15, 0.2) is 5.16 Å². The molecule has 158 valence electrons. The molecule has 31 heavy (non-hydrogen) atoms. The number of carbonyl (C=O) groups excluding carboxylic acids is 1.